The maximum Gasteiger partial charge on any atom is 0.0568 e. The Morgan fingerprint density at radius 1 is 0.706 bits per heavy atom. The van der Waals surface area contributed by atoms with Gasteiger partial charge in [-0.25, -0.2) is 0 Å². The van der Waals surface area contributed by atoms with Crippen LogP contribution in [-0.4, -0.2) is 6.04 Å². The summed E-state index contributed by atoms with van der Waals surface area (Å²) in [6.45, 7) is 0. The Morgan fingerprint density at radius 3 is 2.00 bits per heavy atom. The number of benzene rings is 3. The van der Waals surface area contributed by atoms with E-state index in [4.69, 9.17) is 0 Å². The molecule has 1 nitrogen and oxygen atoms in total. The van der Waals surface area contributed by atoms with Crippen molar-refractivity contribution in [2.24, 2.45) is 0 Å². The minimum atomic E-state index is 0.368. The standard InChI is InChI=1S/C33H29N/c1-3-9-25(10-4-1)28-15-19-31(20-16-28)34(33-23-30(24-33)27-13-7-8-14-27)32-21-17-29(18-22-32)26-11-5-2-6-12-26/h1,3-5,7,9-12,15-23,33H,2,6,8,14,24H2. The number of nitrogens with zero attached hydrogens (tertiary/aromatic N) is 1. The molecule has 166 valence electrons. The Morgan fingerprint density at radius 2 is 1.38 bits per heavy atom. The van der Waals surface area contributed by atoms with Crippen LogP contribution >= 0.6 is 0 Å². The Bertz CT molecular complexity index is 1330. The first kappa shape index (κ1) is 20.8. The van der Waals surface area contributed by atoms with Crippen molar-refractivity contribution < 1.29 is 0 Å². The third-order valence-electron chi connectivity index (χ3n) is 7.08. The predicted octanol–water partition coefficient (Wildman–Crippen LogP) is 8.80. The van der Waals surface area contributed by atoms with Crippen molar-refractivity contribution in [3.05, 3.63) is 132 Å². The zero-order valence-corrected chi connectivity index (χ0v) is 19.5. The summed E-state index contributed by atoms with van der Waals surface area (Å²) in [4.78, 5) is 2.49. The van der Waals surface area contributed by atoms with E-state index in [1.165, 1.54) is 44.8 Å². The number of allylic oxidation sites excluding steroid dienone is 5. The molecule has 0 heterocycles. The lowest BCUT2D eigenvalue weighted by molar-refractivity contribution is 0.696. The van der Waals surface area contributed by atoms with Gasteiger partial charge in [-0.1, -0.05) is 78.9 Å². The number of rotatable bonds is 6. The second-order valence-electron chi connectivity index (χ2n) is 9.30. The molecule has 3 aliphatic rings. The molecule has 0 aliphatic heterocycles. The van der Waals surface area contributed by atoms with Gasteiger partial charge >= 0.3 is 0 Å². The van der Waals surface area contributed by atoms with Crippen LogP contribution in [0.4, 0.5) is 11.4 Å². The second kappa shape index (κ2) is 9.21. The molecule has 34 heavy (non-hydrogen) atoms. The number of hydrogen-bond donors (Lipinski definition) is 0. The highest BCUT2D eigenvalue weighted by molar-refractivity contribution is 5.77. The molecule has 3 aliphatic carbocycles. The van der Waals surface area contributed by atoms with E-state index in [0.29, 0.717) is 6.04 Å². The highest BCUT2D eigenvalue weighted by atomic mass is 15.2. The van der Waals surface area contributed by atoms with E-state index >= 15 is 0 Å². The molecule has 0 aromatic heterocycles. The molecular weight excluding hydrogens is 410 g/mol. The molecule has 0 saturated carbocycles. The van der Waals surface area contributed by atoms with E-state index in [0.717, 1.165) is 32.1 Å². The van der Waals surface area contributed by atoms with Crippen LogP contribution in [0.15, 0.2) is 126 Å². The first-order valence-electron chi connectivity index (χ1n) is 12.4. The molecule has 6 rings (SSSR count). The van der Waals surface area contributed by atoms with Crippen molar-refractivity contribution >= 4 is 16.9 Å². The van der Waals surface area contributed by atoms with Gasteiger partial charge in [0.2, 0.25) is 0 Å². The number of hydrogen-bond acceptors (Lipinski definition) is 1. The van der Waals surface area contributed by atoms with E-state index in [1.54, 1.807) is 0 Å². The largest absolute Gasteiger partial charge is 0.334 e. The molecule has 1 atom stereocenters. The van der Waals surface area contributed by atoms with Gasteiger partial charge in [-0.05, 0) is 95.9 Å². The van der Waals surface area contributed by atoms with Crippen LogP contribution in [0.2, 0.25) is 0 Å². The highest BCUT2D eigenvalue weighted by Gasteiger charge is 2.29. The summed E-state index contributed by atoms with van der Waals surface area (Å²) in [5, 5.41) is 0. The average molecular weight is 440 g/mol. The van der Waals surface area contributed by atoms with Crippen LogP contribution in [0, 0.1) is 0 Å². The zero-order valence-electron chi connectivity index (χ0n) is 19.5. The van der Waals surface area contributed by atoms with Gasteiger partial charge in [0.05, 0.1) is 6.04 Å². The Labute approximate surface area is 202 Å². The second-order valence-corrected chi connectivity index (χ2v) is 9.30. The normalized spacial score (nSPS) is 18.7. The van der Waals surface area contributed by atoms with Crippen LogP contribution in [0.3, 0.4) is 0 Å². The topological polar surface area (TPSA) is 3.24 Å². The maximum absolute atomic E-state index is 3.46. The summed E-state index contributed by atoms with van der Waals surface area (Å²) in [5.41, 5.74) is 14.0. The third-order valence-corrected chi connectivity index (χ3v) is 7.08. The zero-order chi connectivity index (χ0) is 22.7. The molecule has 0 bridgehead atoms. The molecular formula is C33H29N. The average Bonchev–Trinajstić information content (AvgIpc) is 3.42. The molecule has 0 saturated heterocycles. The van der Waals surface area contributed by atoms with Gasteiger partial charge in [0.1, 0.15) is 0 Å². The molecule has 0 amide bonds. The van der Waals surface area contributed by atoms with Gasteiger partial charge in [-0.2, -0.15) is 0 Å². The first-order valence-corrected chi connectivity index (χ1v) is 12.4. The van der Waals surface area contributed by atoms with E-state index in [9.17, 15) is 0 Å². The highest BCUT2D eigenvalue weighted by Crippen LogP contribution is 2.40. The summed E-state index contributed by atoms with van der Waals surface area (Å²) < 4.78 is 0. The van der Waals surface area contributed by atoms with E-state index in [-0.39, 0.29) is 0 Å². The predicted molar refractivity (Wildman–Crippen MR) is 144 cm³/mol. The van der Waals surface area contributed by atoms with Crippen molar-refractivity contribution in [3.63, 3.8) is 0 Å². The lowest BCUT2D eigenvalue weighted by atomic mass is 9.85. The van der Waals surface area contributed by atoms with Gasteiger partial charge in [-0.3, -0.25) is 0 Å². The first-order chi connectivity index (χ1) is 16.8. The summed E-state index contributed by atoms with van der Waals surface area (Å²) >= 11 is 0. The number of anilines is 2. The molecule has 0 spiro atoms. The van der Waals surface area contributed by atoms with Gasteiger partial charge in [0.25, 0.3) is 0 Å². The lowest BCUT2D eigenvalue weighted by Gasteiger charge is -2.38. The Hall–Kier alpha value is -3.80. The van der Waals surface area contributed by atoms with Crippen LogP contribution < -0.4 is 4.90 Å². The minimum absolute atomic E-state index is 0.368. The molecule has 1 unspecified atom stereocenters. The monoisotopic (exact) mass is 439 g/mol. The summed E-state index contributed by atoms with van der Waals surface area (Å²) in [6.07, 6.45) is 17.1. The summed E-state index contributed by atoms with van der Waals surface area (Å²) in [6, 6.07) is 29.1. The van der Waals surface area contributed by atoms with Crippen LogP contribution in [0.25, 0.3) is 16.7 Å². The van der Waals surface area contributed by atoms with E-state index in [1.807, 2.05) is 0 Å². The Kier molecular flexibility index (Phi) is 5.63. The molecule has 3 aromatic carbocycles. The molecule has 0 fully saturated rings. The summed E-state index contributed by atoms with van der Waals surface area (Å²) in [5.74, 6) is 0. The van der Waals surface area contributed by atoms with Crippen molar-refractivity contribution in [1.29, 1.82) is 0 Å². The smallest absolute Gasteiger partial charge is 0.0568 e. The fourth-order valence-electron chi connectivity index (χ4n) is 5.17. The molecule has 1 heteroatoms. The van der Waals surface area contributed by atoms with E-state index in [2.05, 4.69) is 120 Å². The van der Waals surface area contributed by atoms with Gasteiger partial charge in [-0.15, -0.1) is 5.73 Å². The van der Waals surface area contributed by atoms with Crippen LogP contribution in [0.5, 0.6) is 0 Å². The van der Waals surface area contributed by atoms with Crippen LogP contribution in [-0.2, 0) is 0 Å². The summed E-state index contributed by atoms with van der Waals surface area (Å²) in [7, 11) is 0. The maximum atomic E-state index is 3.46. The van der Waals surface area contributed by atoms with Gasteiger partial charge in [0.15, 0.2) is 0 Å². The molecule has 3 aromatic rings. The van der Waals surface area contributed by atoms with E-state index < -0.39 is 0 Å². The van der Waals surface area contributed by atoms with Crippen molar-refractivity contribution in [2.45, 2.75) is 38.1 Å². The van der Waals surface area contributed by atoms with Crippen molar-refractivity contribution in [2.75, 3.05) is 4.90 Å². The molecule has 0 radical (unpaired) electrons. The van der Waals surface area contributed by atoms with Crippen LogP contribution in [0.1, 0.15) is 37.7 Å². The fourth-order valence-corrected chi connectivity index (χ4v) is 5.17. The van der Waals surface area contributed by atoms with Crippen molar-refractivity contribution in [1.82, 2.24) is 0 Å². The van der Waals surface area contributed by atoms with Gasteiger partial charge in [0, 0.05) is 11.4 Å². The lowest BCUT2D eigenvalue weighted by Crippen LogP contribution is -2.35. The third kappa shape index (κ3) is 4.12. The molecule has 0 N–H and O–H groups in total. The quantitative estimate of drug-likeness (QED) is 0.347. The Balaban J connectivity index is 1.32. The SMILES string of the molecule is C1=CCCC=1C1=CC(N(c2ccc(C3=CCCC=C3)cc2)c2ccc(-c3ccccc3)cc2)C1. The van der Waals surface area contributed by atoms with Crippen molar-refractivity contribution in [3.8, 4) is 11.1 Å². The minimum Gasteiger partial charge on any atom is -0.334 e. The fraction of sp³-hybridized carbons (Fsp3) is 0.182. The van der Waals surface area contributed by atoms with Gasteiger partial charge < -0.3 is 4.90 Å².